The lowest BCUT2D eigenvalue weighted by atomic mass is 9.90. The molecule has 0 amide bonds. The molecule has 0 aliphatic heterocycles. The van der Waals surface area contributed by atoms with E-state index < -0.39 is 0 Å². The average molecular weight is 174 g/mol. The van der Waals surface area contributed by atoms with Crippen molar-refractivity contribution in [2.24, 2.45) is 11.8 Å². The van der Waals surface area contributed by atoms with Gasteiger partial charge in [0, 0.05) is 0 Å². The van der Waals surface area contributed by atoms with Gasteiger partial charge in [0.2, 0.25) is 0 Å². The minimum Gasteiger partial charge on any atom is -0.393 e. The highest BCUT2D eigenvalue weighted by molar-refractivity contribution is 4.66. The van der Waals surface area contributed by atoms with Crippen LogP contribution >= 0.6 is 0 Å². The summed E-state index contributed by atoms with van der Waals surface area (Å²) in [5.74, 6) is 1.04. The van der Waals surface area contributed by atoms with Gasteiger partial charge in [-0.05, 0) is 18.3 Å². The molecule has 0 saturated heterocycles. The van der Waals surface area contributed by atoms with Gasteiger partial charge in [0.1, 0.15) is 0 Å². The zero-order chi connectivity index (χ0) is 10.1. The van der Waals surface area contributed by atoms with Crippen molar-refractivity contribution in [3.63, 3.8) is 0 Å². The van der Waals surface area contributed by atoms with Crippen LogP contribution < -0.4 is 0 Å². The van der Waals surface area contributed by atoms with Crippen molar-refractivity contribution in [3.8, 4) is 0 Å². The molecule has 2 unspecified atom stereocenters. The molecule has 0 heterocycles. The maximum atomic E-state index is 9.49. The molecule has 1 nitrogen and oxygen atoms in total. The third kappa shape index (κ3) is 6.66. The molecule has 0 fully saturated rings. The summed E-state index contributed by atoms with van der Waals surface area (Å²) in [6, 6.07) is 0. The third-order valence-corrected chi connectivity index (χ3v) is 2.24. The van der Waals surface area contributed by atoms with Crippen LogP contribution in [0.3, 0.4) is 0 Å². The van der Waals surface area contributed by atoms with E-state index in [9.17, 15) is 5.11 Å². The first-order valence-electron chi connectivity index (χ1n) is 5.27. The summed E-state index contributed by atoms with van der Waals surface area (Å²) in [4.78, 5) is 0. The van der Waals surface area contributed by atoms with Crippen LogP contribution in [0.5, 0.6) is 0 Å². The first-order valence-corrected chi connectivity index (χ1v) is 5.27. The summed E-state index contributed by atoms with van der Waals surface area (Å²) in [7, 11) is 0. The van der Waals surface area contributed by atoms with Crippen molar-refractivity contribution >= 4 is 0 Å². The predicted octanol–water partition coefficient (Wildman–Crippen LogP) is 3.47. The molecule has 0 rings (SSSR count). The lowest BCUT2D eigenvalue weighted by Gasteiger charge is -2.21. The second-order valence-electron chi connectivity index (χ2n) is 3.46. The van der Waals surface area contributed by atoms with E-state index in [-0.39, 0.29) is 6.10 Å². The zero-order valence-corrected chi connectivity index (χ0v) is 9.59. The van der Waals surface area contributed by atoms with Gasteiger partial charge in [-0.15, -0.1) is 0 Å². The standard InChI is InChI=1S/C9H20O.C2H6/c1-5-6-9(10)8(4)7(2)3;1-2/h7-10H,5-6H2,1-4H3;1-2H3. The highest BCUT2D eigenvalue weighted by Gasteiger charge is 2.15. The van der Waals surface area contributed by atoms with Gasteiger partial charge in [0.05, 0.1) is 6.10 Å². The van der Waals surface area contributed by atoms with Crippen molar-refractivity contribution < 1.29 is 5.11 Å². The van der Waals surface area contributed by atoms with E-state index in [0.29, 0.717) is 11.8 Å². The lowest BCUT2D eigenvalue weighted by Crippen LogP contribution is -2.21. The summed E-state index contributed by atoms with van der Waals surface area (Å²) in [5, 5.41) is 9.49. The quantitative estimate of drug-likeness (QED) is 0.692. The average Bonchev–Trinajstić information content (AvgIpc) is 2.07. The topological polar surface area (TPSA) is 20.2 Å². The van der Waals surface area contributed by atoms with Crippen LogP contribution in [0.25, 0.3) is 0 Å². The van der Waals surface area contributed by atoms with Crippen molar-refractivity contribution in [3.05, 3.63) is 0 Å². The minimum absolute atomic E-state index is 0.0926. The molecular formula is C11H26O. The van der Waals surface area contributed by atoms with Crippen LogP contribution in [0.15, 0.2) is 0 Å². The van der Waals surface area contributed by atoms with Gasteiger partial charge in [-0.25, -0.2) is 0 Å². The molecule has 2 atom stereocenters. The normalized spacial score (nSPS) is 15.0. The maximum Gasteiger partial charge on any atom is 0.0568 e. The molecule has 12 heavy (non-hydrogen) atoms. The van der Waals surface area contributed by atoms with E-state index in [2.05, 4.69) is 27.7 Å². The monoisotopic (exact) mass is 174 g/mol. The highest BCUT2D eigenvalue weighted by atomic mass is 16.3. The van der Waals surface area contributed by atoms with Crippen LogP contribution in [0.4, 0.5) is 0 Å². The number of rotatable bonds is 4. The van der Waals surface area contributed by atoms with E-state index >= 15 is 0 Å². The molecule has 0 spiro atoms. The van der Waals surface area contributed by atoms with Crippen molar-refractivity contribution in [2.45, 2.75) is 60.5 Å². The van der Waals surface area contributed by atoms with E-state index in [1.807, 2.05) is 13.8 Å². The minimum atomic E-state index is -0.0926. The van der Waals surface area contributed by atoms with E-state index in [1.165, 1.54) is 0 Å². The molecule has 0 aliphatic rings. The Labute approximate surface area is 78.2 Å². The predicted molar refractivity (Wildman–Crippen MR) is 56.3 cm³/mol. The SMILES string of the molecule is CC.CCCC(O)C(C)C(C)C. The summed E-state index contributed by atoms with van der Waals surface area (Å²) >= 11 is 0. The molecule has 0 aliphatic carbocycles. The number of aliphatic hydroxyl groups is 1. The molecule has 0 bridgehead atoms. The van der Waals surface area contributed by atoms with Crippen molar-refractivity contribution in [2.75, 3.05) is 0 Å². The highest BCUT2D eigenvalue weighted by Crippen LogP contribution is 2.17. The van der Waals surface area contributed by atoms with Gasteiger partial charge in [-0.2, -0.15) is 0 Å². The number of hydrogen-bond acceptors (Lipinski definition) is 1. The largest absolute Gasteiger partial charge is 0.393 e. The Bertz CT molecular complexity index is 79.1. The Morgan fingerprint density at radius 2 is 1.50 bits per heavy atom. The number of hydrogen-bond donors (Lipinski definition) is 1. The molecule has 0 radical (unpaired) electrons. The first kappa shape index (κ1) is 14.5. The molecule has 0 aromatic heterocycles. The second-order valence-corrected chi connectivity index (χ2v) is 3.46. The van der Waals surface area contributed by atoms with E-state index in [4.69, 9.17) is 0 Å². The van der Waals surface area contributed by atoms with Crippen molar-refractivity contribution in [1.29, 1.82) is 0 Å². The Morgan fingerprint density at radius 3 is 1.75 bits per heavy atom. The molecule has 1 N–H and O–H groups in total. The van der Waals surface area contributed by atoms with Gasteiger partial charge in [-0.3, -0.25) is 0 Å². The maximum absolute atomic E-state index is 9.49. The first-order chi connectivity index (χ1) is 5.59. The van der Waals surface area contributed by atoms with E-state index in [0.717, 1.165) is 12.8 Å². The summed E-state index contributed by atoms with van der Waals surface area (Å²) in [6.07, 6.45) is 1.93. The fourth-order valence-electron chi connectivity index (χ4n) is 1.00. The number of aliphatic hydroxyl groups excluding tert-OH is 1. The third-order valence-electron chi connectivity index (χ3n) is 2.24. The fourth-order valence-corrected chi connectivity index (χ4v) is 1.00. The van der Waals surface area contributed by atoms with E-state index in [1.54, 1.807) is 0 Å². The Hall–Kier alpha value is -0.0400. The molecule has 0 saturated carbocycles. The van der Waals surface area contributed by atoms with Crippen LogP contribution in [0, 0.1) is 11.8 Å². The lowest BCUT2D eigenvalue weighted by molar-refractivity contribution is 0.0832. The van der Waals surface area contributed by atoms with Gasteiger partial charge < -0.3 is 5.11 Å². The van der Waals surface area contributed by atoms with Crippen LogP contribution in [0.1, 0.15) is 54.4 Å². The molecular weight excluding hydrogens is 148 g/mol. The smallest absolute Gasteiger partial charge is 0.0568 e. The van der Waals surface area contributed by atoms with Gasteiger partial charge >= 0.3 is 0 Å². The van der Waals surface area contributed by atoms with Gasteiger partial charge in [-0.1, -0.05) is 48.0 Å². The summed E-state index contributed by atoms with van der Waals surface area (Å²) in [6.45, 7) is 12.5. The zero-order valence-electron chi connectivity index (χ0n) is 9.59. The Morgan fingerprint density at radius 1 is 1.08 bits per heavy atom. The Balaban J connectivity index is 0. The molecule has 0 aromatic carbocycles. The van der Waals surface area contributed by atoms with Crippen molar-refractivity contribution in [1.82, 2.24) is 0 Å². The molecule has 1 heteroatoms. The van der Waals surface area contributed by atoms with Crippen LogP contribution in [-0.4, -0.2) is 11.2 Å². The van der Waals surface area contributed by atoms with Gasteiger partial charge in [0.25, 0.3) is 0 Å². The molecule has 76 valence electrons. The molecule has 0 aromatic rings. The summed E-state index contributed by atoms with van der Waals surface area (Å²) in [5.41, 5.74) is 0. The fraction of sp³-hybridized carbons (Fsp3) is 1.00. The van der Waals surface area contributed by atoms with Crippen LogP contribution in [-0.2, 0) is 0 Å². The van der Waals surface area contributed by atoms with Crippen LogP contribution in [0.2, 0.25) is 0 Å². The Kier molecular flexibility index (Phi) is 10.9. The summed E-state index contributed by atoms with van der Waals surface area (Å²) < 4.78 is 0. The van der Waals surface area contributed by atoms with Gasteiger partial charge in [0.15, 0.2) is 0 Å². The second kappa shape index (κ2) is 9.05.